The number of piperazine rings is 1. The summed E-state index contributed by atoms with van der Waals surface area (Å²) in [5.74, 6) is -0.103. The van der Waals surface area contributed by atoms with Crippen LogP contribution in [0.1, 0.15) is 17.4 Å². The molecule has 2 heterocycles. The van der Waals surface area contributed by atoms with Crippen molar-refractivity contribution in [3.05, 3.63) is 28.2 Å². The number of nitrogens with one attached hydrogen (secondary N) is 1. The normalized spacial score (nSPS) is 15.9. The second kappa shape index (κ2) is 5.09. The van der Waals surface area contributed by atoms with Gasteiger partial charge in [-0.1, -0.05) is 0 Å². The molecule has 6 nitrogen and oxygen atoms in total. The quantitative estimate of drug-likeness (QED) is 0.738. The van der Waals surface area contributed by atoms with Crippen LogP contribution in [0, 0.1) is 0 Å². The lowest BCUT2D eigenvalue weighted by atomic mass is 10.3. The van der Waals surface area contributed by atoms with Crippen LogP contribution in [0.4, 0.5) is 0 Å². The zero-order valence-corrected chi connectivity index (χ0v) is 9.85. The summed E-state index contributed by atoms with van der Waals surface area (Å²) < 4.78 is 1.30. The molecule has 1 aliphatic heterocycles. The molecule has 0 aliphatic carbocycles. The molecule has 1 N–H and O–H groups in total. The smallest absolute Gasteiger partial charge is 0.274 e. The lowest BCUT2D eigenvalue weighted by Gasteiger charge is -2.27. The number of rotatable bonds is 2. The summed E-state index contributed by atoms with van der Waals surface area (Å²) in [6, 6.07) is 2.89. The van der Waals surface area contributed by atoms with E-state index in [0.717, 1.165) is 13.1 Å². The third-order valence-electron chi connectivity index (χ3n) is 2.79. The van der Waals surface area contributed by atoms with Crippen LogP contribution in [0.25, 0.3) is 0 Å². The summed E-state index contributed by atoms with van der Waals surface area (Å²) in [4.78, 5) is 25.2. The fourth-order valence-corrected chi connectivity index (χ4v) is 1.82. The number of aromatic nitrogens is 2. The molecule has 1 fully saturated rings. The van der Waals surface area contributed by atoms with E-state index in [1.807, 2.05) is 6.92 Å². The summed E-state index contributed by atoms with van der Waals surface area (Å²) >= 11 is 0. The maximum atomic E-state index is 12.1. The number of aryl methyl sites for hydroxylation is 1. The van der Waals surface area contributed by atoms with Gasteiger partial charge in [-0.3, -0.25) is 9.59 Å². The van der Waals surface area contributed by atoms with Crippen molar-refractivity contribution < 1.29 is 4.79 Å². The molecule has 0 unspecified atom stereocenters. The Labute approximate surface area is 99.2 Å². The second-order valence-electron chi connectivity index (χ2n) is 3.91. The van der Waals surface area contributed by atoms with Crippen molar-refractivity contribution >= 4 is 5.91 Å². The van der Waals surface area contributed by atoms with Gasteiger partial charge in [0, 0.05) is 38.8 Å². The van der Waals surface area contributed by atoms with Crippen LogP contribution in [0.3, 0.4) is 0 Å². The Kier molecular flexibility index (Phi) is 3.53. The molecule has 92 valence electrons. The molecular formula is C11H16N4O2. The van der Waals surface area contributed by atoms with Crippen LogP contribution in [0.2, 0.25) is 0 Å². The van der Waals surface area contributed by atoms with Crippen molar-refractivity contribution in [3.8, 4) is 0 Å². The van der Waals surface area contributed by atoms with E-state index < -0.39 is 0 Å². The Hall–Kier alpha value is -1.69. The third kappa shape index (κ3) is 2.52. The largest absolute Gasteiger partial charge is 0.335 e. The molecule has 1 aromatic rings. The lowest BCUT2D eigenvalue weighted by Crippen LogP contribution is -2.47. The van der Waals surface area contributed by atoms with E-state index in [9.17, 15) is 9.59 Å². The van der Waals surface area contributed by atoms with Crippen molar-refractivity contribution in [2.75, 3.05) is 26.2 Å². The van der Waals surface area contributed by atoms with Crippen LogP contribution in [0.5, 0.6) is 0 Å². The van der Waals surface area contributed by atoms with Gasteiger partial charge in [0.1, 0.15) is 5.69 Å². The van der Waals surface area contributed by atoms with Gasteiger partial charge < -0.3 is 10.2 Å². The summed E-state index contributed by atoms with van der Waals surface area (Å²) in [6.07, 6.45) is 0. The predicted octanol–water partition coefficient (Wildman–Crippen LogP) is -0.691. The molecule has 6 heteroatoms. The number of nitrogens with zero attached hydrogens (tertiary/aromatic N) is 3. The highest BCUT2D eigenvalue weighted by Gasteiger charge is 2.19. The van der Waals surface area contributed by atoms with Gasteiger partial charge in [-0.2, -0.15) is 5.10 Å². The number of amides is 1. The molecule has 17 heavy (non-hydrogen) atoms. The Morgan fingerprint density at radius 2 is 2.12 bits per heavy atom. The highest BCUT2D eigenvalue weighted by Crippen LogP contribution is 2.01. The zero-order valence-electron chi connectivity index (χ0n) is 9.85. The SMILES string of the molecule is CCn1nc(C(=O)N2CCNCC2)ccc1=O. The second-order valence-corrected chi connectivity index (χ2v) is 3.91. The molecule has 1 saturated heterocycles. The molecule has 1 aliphatic rings. The highest BCUT2D eigenvalue weighted by molar-refractivity contribution is 5.92. The number of hydrogen-bond acceptors (Lipinski definition) is 4. The van der Waals surface area contributed by atoms with Crippen molar-refractivity contribution in [2.24, 2.45) is 0 Å². The molecule has 0 atom stereocenters. The van der Waals surface area contributed by atoms with E-state index >= 15 is 0 Å². The fourth-order valence-electron chi connectivity index (χ4n) is 1.82. The van der Waals surface area contributed by atoms with Crippen molar-refractivity contribution in [3.63, 3.8) is 0 Å². The van der Waals surface area contributed by atoms with Gasteiger partial charge in [0.2, 0.25) is 0 Å². The van der Waals surface area contributed by atoms with Crippen LogP contribution < -0.4 is 10.9 Å². The minimum absolute atomic E-state index is 0.103. The first-order chi connectivity index (χ1) is 8.22. The fraction of sp³-hybridized carbons (Fsp3) is 0.545. The number of hydrogen-bond donors (Lipinski definition) is 1. The van der Waals surface area contributed by atoms with E-state index in [1.54, 1.807) is 4.90 Å². The molecular weight excluding hydrogens is 220 g/mol. The van der Waals surface area contributed by atoms with Crippen molar-refractivity contribution in [2.45, 2.75) is 13.5 Å². The molecule has 0 spiro atoms. The van der Waals surface area contributed by atoms with Gasteiger partial charge in [0.25, 0.3) is 11.5 Å². The minimum Gasteiger partial charge on any atom is -0.335 e. The molecule has 2 rings (SSSR count). The van der Waals surface area contributed by atoms with Crippen molar-refractivity contribution in [1.29, 1.82) is 0 Å². The van der Waals surface area contributed by atoms with Gasteiger partial charge >= 0.3 is 0 Å². The molecule has 0 aromatic carbocycles. The van der Waals surface area contributed by atoms with E-state index in [4.69, 9.17) is 0 Å². The first-order valence-corrected chi connectivity index (χ1v) is 5.80. The van der Waals surface area contributed by atoms with E-state index in [2.05, 4.69) is 10.4 Å². The Bertz CT molecular complexity index is 463. The monoisotopic (exact) mass is 236 g/mol. The number of carbonyl (C=O) groups excluding carboxylic acids is 1. The first kappa shape index (κ1) is 11.8. The van der Waals surface area contributed by atoms with Crippen molar-refractivity contribution in [1.82, 2.24) is 20.0 Å². The topological polar surface area (TPSA) is 67.2 Å². The third-order valence-corrected chi connectivity index (χ3v) is 2.79. The lowest BCUT2D eigenvalue weighted by molar-refractivity contribution is 0.0727. The first-order valence-electron chi connectivity index (χ1n) is 5.80. The summed E-state index contributed by atoms with van der Waals surface area (Å²) in [6.45, 7) is 5.28. The summed E-state index contributed by atoms with van der Waals surface area (Å²) in [5.41, 5.74) is 0.165. The highest BCUT2D eigenvalue weighted by atomic mass is 16.2. The zero-order chi connectivity index (χ0) is 12.3. The van der Waals surface area contributed by atoms with Crippen LogP contribution in [0.15, 0.2) is 16.9 Å². The molecule has 0 saturated carbocycles. The van der Waals surface area contributed by atoms with Gasteiger partial charge in [-0.25, -0.2) is 4.68 Å². The van der Waals surface area contributed by atoms with Crippen LogP contribution >= 0.6 is 0 Å². The Balaban J connectivity index is 2.21. The van der Waals surface area contributed by atoms with E-state index in [-0.39, 0.29) is 11.5 Å². The average molecular weight is 236 g/mol. The maximum absolute atomic E-state index is 12.1. The van der Waals surface area contributed by atoms with Gasteiger partial charge in [0.15, 0.2) is 0 Å². The summed E-state index contributed by atoms with van der Waals surface area (Å²) in [7, 11) is 0. The number of carbonyl (C=O) groups is 1. The van der Waals surface area contributed by atoms with E-state index in [0.29, 0.717) is 25.3 Å². The maximum Gasteiger partial charge on any atom is 0.274 e. The predicted molar refractivity (Wildman–Crippen MR) is 62.9 cm³/mol. The summed E-state index contributed by atoms with van der Waals surface area (Å²) in [5, 5.41) is 7.24. The molecule has 1 amide bonds. The molecule has 1 aromatic heterocycles. The Morgan fingerprint density at radius 1 is 1.41 bits per heavy atom. The standard InChI is InChI=1S/C11H16N4O2/c1-2-15-10(16)4-3-9(13-15)11(17)14-7-5-12-6-8-14/h3-4,12H,2,5-8H2,1H3. The van der Waals surface area contributed by atoms with Crippen LogP contribution in [-0.2, 0) is 6.54 Å². The van der Waals surface area contributed by atoms with Crippen LogP contribution in [-0.4, -0.2) is 46.8 Å². The van der Waals surface area contributed by atoms with Gasteiger partial charge in [0.05, 0.1) is 0 Å². The average Bonchev–Trinajstić information content (AvgIpc) is 2.39. The molecule has 0 radical (unpaired) electrons. The van der Waals surface area contributed by atoms with E-state index in [1.165, 1.54) is 16.8 Å². The Morgan fingerprint density at radius 3 is 2.76 bits per heavy atom. The van der Waals surface area contributed by atoms with Gasteiger partial charge in [-0.05, 0) is 13.0 Å². The van der Waals surface area contributed by atoms with Gasteiger partial charge in [-0.15, -0.1) is 0 Å². The molecule has 0 bridgehead atoms. The minimum atomic E-state index is -0.177.